The summed E-state index contributed by atoms with van der Waals surface area (Å²) in [5, 5.41) is 9.19. The van der Waals surface area contributed by atoms with Gasteiger partial charge in [-0.1, -0.05) is 45.0 Å². The molecular formula is C22H28O4. The van der Waals surface area contributed by atoms with Crippen LogP contribution in [0, 0.1) is 5.92 Å². The van der Waals surface area contributed by atoms with Crippen LogP contribution >= 0.6 is 0 Å². The van der Waals surface area contributed by atoms with Crippen molar-refractivity contribution in [3.05, 3.63) is 59.7 Å². The van der Waals surface area contributed by atoms with Crippen LogP contribution in [0.5, 0.6) is 11.5 Å². The fourth-order valence-corrected chi connectivity index (χ4v) is 2.72. The van der Waals surface area contributed by atoms with Crippen LogP contribution in [0.1, 0.15) is 44.2 Å². The molecule has 0 spiro atoms. The topological polar surface area (TPSA) is 55.8 Å². The first-order chi connectivity index (χ1) is 12.5. The van der Waals surface area contributed by atoms with Gasteiger partial charge in [-0.3, -0.25) is 4.79 Å². The molecular weight excluding hydrogens is 328 g/mol. The molecule has 0 heterocycles. The highest BCUT2D eigenvalue weighted by molar-refractivity contribution is 5.70. The van der Waals surface area contributed by atoms with Crippen molar-refractivity contribution in [2.75, 3.05) is 13.2 Å². The van der Waals surface area contributed by atoms with Gasteiger partial charge >= 0.3 is 5.97 Å². The lowest BCUT2D eigenvalue weighted by Gasteiger charge is -2.12. The second-order valence-corrected chi connectivity index (χ2v) is 6.72. The monoisotopic (exact) mass is 356 g/mol. The van der Waals surface area contributed by atoms with Crippen molar-refractivity contribution in [1.29, 1.82) is 0 Å². The first-order valence-electron chi connectivity index (χ1n) is 9.17. The van der Waals surface area contributed by atoms with E-state index in [1.807, 2.05) is 43.3 Å². The third-order valence-corrected chi connectivity index (χ3v) is 4.39. The van der Waals surface area contributed by atoms with Crippen molar-refractivity contribution in [2.24, 2.45) is 5.92 Å². The van der Waals surface area contributed by atoms with Crippen molar-refractivity contribution >= 4 is 5.97 Å². The Morgan fingerprint density at radius 3 is 2.23 bits per heavy atom. The maximum Gasteiger partial charge on any atom is 0.306 e. The zero-order chi connectivity index (χ0) is 18.9. The van der Waals surface area contributed by atoms with Gasteiger partial charge in [0.2, 0.25) is 0 Å². The van der Waals surface area contributed by atoms with E-state index in [-0.39, 0.29) is 5.92 Å². The van der Waals surface area contributed by atoms with Crippen molar-refractivity contribution < 1.29 is 19.4 Å². The number of hydrogen-bond acceptors (Lipinski definition) is 3. The highest BCUT2D eigenvalue weighted by Gasteiger charge is 2.15. The van der Waals surface area contributed by atoms with Crippen LogP contribution in [0.25, 0.3) is 0 Å². The molecule has 1 atom stereocenters. The second kappa shape index (κ2) is 9.85. The summed E-state index contributed by atoms with van der Waals surface area (Å²) < 4.78 is 11.4. The summed E-state index contributed by atoms with van der Waals surface area (Å²) in [5.41, 5.74) is 2.26. The van der Waals surface area contributed by atoms with E-state index in [1.165, 1.54) is 5.56 Å². The quantitative estimate of drug-likeness (QED) is 0.614. The number of ether oxygens (including phenoxy) is 2. The Morgan fingerprint density at radius 2 is 1.65 bits per heavy atom. The van der Waals surface area contributed by atoms with Crippen molar-refractivity contribution in [2.45, 2.75) is 39.5 Å². The van der Waals surface area contributed by atoms with Crippen molar-refractivity contribution in [1.82, 2.24) is 0 Å². The second-order valence-electron chi connectivity index (χ2n) is 6.72. The average molecular weight is 356 g/mol. The Hall–Kier alpha value is -2.49. The molecule has 2 aromatic carbocycles. The molecule has 0 saturated heterocycles. The van der Waals surface area contributed by atoms with Crippen LogP contribution in [0.2, 0.25) is 0 Å². The van der Waals surface area contributed by atoms with E-state index in [4.69, 9.17) is 9.47 Å². The molecule has 0 bridgehead atoms. The summed E-state index contributed by atoms with van der Waals surface area (Å²) in [4.78, 5) is 11.2. The Kier molecular flexibility index (Phi) is 7.52. The molecule has 0 fully saturated rings. The minimum Gasteiger partial charge on any atom is -0.490 e. The van der Waals surface area contributed by atoms with Gasteiger partial charge in [0.1, 0.15) is 24.7 Å². The highest BCUT2D eigenvalue weighted by atomic mass is 16.5. The predicted octanol–water partition coefficient (Wildman–Crippen LogP) is 4.92. The van der Waals surface area contributed by atoms with Crippen molar-refractivity contribution in [3.8, 4) is 11.5 Å². The smallest absolute Gasteiger partial charge is 0.306 e. The number of aliphatic carboxylic acids is 1. The maximum absolute atomic E-state index is 11.2. The molecule has 0 aliphatic rings. The van der Waals surface area contributed by atoms with E-state index < -0.39 is 5.97 Å². The van der Waals surface area contributed by atoms with E-state index >= 15 is 0 Å². The molecule has 0 radical (unpaired) electrons. The van der Waals surface area contributed by atoms with Gasteiger partial charge < -0.3 is 14.6 Å². The zero-order valence-corrected chi connectivity index (χ0v) is 15.8. The van der Waals surface area contributed by atoms with Crippen LogP contribution < -0.4 is 9.47 Å². The molecule has 1 N–H and O–H groups in total. The standard InChI is InChI=1S/C22H28O4/c1-4-18(22(23)24)14-17-6-5-7-21(15-17)26-13-12-25-20-10-8-19(9-11-20)16(2)3/h5-11,15-16,18H,4,12-14H2,1-3H3,(H,23,24). The van der Waals surface area contributed by atoms with Gasteiger partial charge in [-0.15, -0.1) is 0 Å². The summed E-state index contributed by atoms with van der Waals surface area (Å²) >= 11 is 0. The lowest BCUT2D eigenvalue weighted by molar-refractivity contribution is -0.141. The molecule has 4 heteroatoms. The highest BCUT2D eigenvalue weighted by Crippen LogP contribution is 2.20. The Balaban J connectivity index is 1.80. The van der Waals surface area contributed by atoms with Gasteiger partial charge in [-0.2, -0.15) is 0 Å². The van der Waals surface area contributed by atoms with Gasteiger partial charge in [-0.05, 0) is 54.2 Å². The lowest BCUT2D eigenvalue weighted by Crippen LogP contribution is -2.15. The van der Waals surface area contributed by atoms with Gasteiger partial charge in [0.05, 0.1) is 5.92 Å². The summed E-state index contributed by atoms with van der Waals surface area (Å²) in [6.45, 7) is 7.11. The fraction of sp³-hybridized carbons (Fsp3) is 0.409. The van der Waals surface area contributed by atoms with Crippen LogP contribution in [0.15, 0.2) is 48.5 Å². The van der Waals surface area contributed by atoms with E-state index in [1.54, 1.807) is 0 Å². The van der Waals surface area contributed by atoms with E-state index in [9.17, 15) is 9.90 Å². The van der Waals surface area contributed by atoms with E-state index in [2.05, 4.69) is 26.0 Å². The molecule has 1 unspecified atom stereocenters. The average Bonchev–Trinajstić information content (AvgIpc) is 2.63. The summed E-state index contributed by atoms with van der Waals surface area (Å²) in [5.74, 6) is 0.965. The van der Waals surface area contributed by atoms with Crippen LogP contribution in [-0.2, 0) is 11.2 Å². The molecule has 140 valence electrons. The van der Waals surface area contributed by atoms with Crippen LogP contribution in [0.4, 0.5) is 0 Å². The Labute approximate surface area is 155 Å². The summed E-state index contributed by atoms with van der Waals surface area (Å²) in [6, 6.07) is 15.7. The van der Waals surface area contributed by atoms with Gasteiger partial charge in [0.25, 0.3) is 0 Å². The third kappa shape index (κ3) is 6.10. The number of carbonyl (C=O) groups is 1. The number of rotatable bonds is 10. The van der Waals surface area contributed by atoms with Crippen LogP contribution in [0.3, 0.4) is 0 Å². The van der Waals surface area contributed by atoms with Gasteiger partial charge in [0.15, 0.2) is 0 Å². The molecule has 2 aromatic rings. The molecule has 0 aromatic heterocycles. The molecule has 0 amide bonds. The SMILES string of the molecule is CCC(Cc1cccc(OCCOc2ccc(C(C)C)cc2)c1)C(=O)O. The third-order valence-electron chi connectivity index (χ3n) is 4.39. The van der Waals surface area contributed by atoms with E-state index in [0.29, 0.717) is 32.0 Å². The molecule has 0 aliphatic heterocycles. The van der Waals surface area contributed by atoms with Crippen LogP contribution in [-0.4, -0.2) is 24.3 Å². The largest absolute Gasteiger partial charge is 0.490 e. The first-order valence-corrected chi connectivity index (χ1v) is 9.17. The normalized spacial score (nSPS) is 12.0. The minimum atomic E-state index is -0.754. The zero-order valence-electron chi connectivity index (χ0n) is 15.8. The number of carboxylic acid groups (broad SMARTS) is 1. The first kappa shape index (κ1) is 19.8. The number of hydrogen-bond donors (Lipinski definition) is 1. The summed E-state index contributed by atoms with van der Waals surface area (Å²) in [7, 11) is 0. The van der Waals surface area contributed by atoms with Gasteiger partial charge in [-0.25, -0.2) is 0 Å². The van der Waals surface area contributed by atoms with E-state index in [0.717, 1.165) is 17.1 Å². The fourth-order valence-electron chi connectivity index (χ4n) is 2.72. The molecule has 0 saturated carbocycles. The Morgan fingerprint density at radius 1 is 1.00 bits per heavy atom. The van der Waals surface area contributed by atoms with Gasteiger partial charge in [0, 0.05) is 0 Å². The predicted molar refractivity (Wildman–Crippen MR) is 103 cm³/mol. The molecule has 4 nitrogen and oxygen atoms in total. The van der Waals surface area contributed by atoms with Crippen molar-refractivity contribution in [3.63, 3.8) is 0 Å². The Bertz CT molecular complexity index is 692. The molecule has 26 heavy (non-hydrogen) atoms. The number of benzene rings is 2. The minimum absolute atomic E-state index is 0.359. The lowest BCUT2D eigenvalue weighted by atomic mass is 9.97. The molecule has 2 rings (SSSR count). The summed E-state index contributed by atoms with van der Waals surface area (Å²) in [6.07, 6.45) is 1.13. The maximum atomic E-state index is 11.2. The molecule has 0 aliphatic carbocycles. The number of carboxylic acids is 1.